The van der Waals surface area contributed by atoms with Crippen LogP contribution in [-0.4, -0.2) is 53.5 Å². The number of amides is 2. The molecule has 28 heavy (non-hydrogen) atoms. The average molecular weight is 390 g/mol. The maximum absolute atomic E-state index is 12.8. The molecule has 1 aromatic rings. The van der Waals surface area contributed by atoms with Crippen LogP contribution in [0.5, 0.6) is 5.75 Å². The number of esters is 1. The van der Waals surface area contributed by atoms with E-state index in [9.17, 15) is 19.5 Å². The number of methoxy groups -OCH3 is 1. The minimum Gasteiger partial charge on any atom is -0.508 e. The van der Waals surface area contributed by atoms with Gasteiger partial charge in [0, 0.05) is 19.4 Å². The van der Waals surface area contributed by atoms with Crippen molar-refractivity contribution in [3.8, 4) is 5.75 Å². The highest BCUT2D eigenvalue weighted by molar-refractivity contribution is 5.91. The summed E-state index contributed by atoms with van der Waals surface area (Å²) in [5, 5.41) is 12.1. The minimum absolute atomic E-state index is 0.000692. The Morgan fingerprint density at radius 1 is 1.25 bits per heavy atom. The number of aromatic hydroxyl groups is 1. The second-order valence-electron chi connectivity index (χ2n) is 7.16. The molecule has 7 nitrogen and oxygen atoms in total. The number of nitrogens with zero attached hydrogens (tertiary/aromatic N) is 1. The second kappa shape index (κ2) is 10.7. The van der Waals surface area contributed by atoms with Crippen LogP contribution < -0.4 is 5.32 Å². The minimum atomic E-state index is -0.848. The standard InChI is InChI=1S/C21H30N2O5/c1-3-4-5-8-19(25)23-13-6-7-18(23)20(26)22-17(21(27)28-2)14-15-9-11-16(24)12-10-15/h9-12,17-18,24H,3-8,13-14H2,1-2H3,(H,22,26). The van der Waals surface area contributed by atoms with Gasteiger partial charge in [0.1, 0.15) is 17.8 Å². The van der Waals surface area contributed by atoms with Crippen LogP contribution in [0.2, 0.25) is 0 Å². The zero-order valence-electron chi connectivity index (χ0n) is 16.6. The van der Waals surface area contributed by atoms with Crippen molar-refractivity contribution in [3.63, 3.8) is 0 Å². The van der Waals surface area contributed by atoms with Gasteiger partial charge in [-0.1, -0.05) is 31.9 Å². The Kier molecular flexibility index (Phi) is 8.29. The number of unbranched alkanes of at least 4 members (excludes halogenated alkanes) is 2. The lowest BCUT2D eigenvalue weighted by molar-refractivity contribution is -0.146. The van der Waals surface area contributed by atoms with E-state index in [4.69, 9.17) is 4.74 Å². The quantitative estimate of drug-likeness (QED) is 0.498. The van der Waals surface area contributed by atoms with Crippen LogP contribution in [0.25, 0.3) is 0 Å². The van der Waals surface area contributed by atoms with Crippen LogP contribution in [0.3, 0.4) is 0 Å². The fourth-order valence-corrected chi connectivity index (χ4v) is 3.48. The number of ether oxygens (including phenoxy) is 1. The summed E-state index contributed by atoms with van der Waals surface area (Å²) >= 11 is 0. The summed E-state index contributed by atoms with van der Waals surface area (Å²) in [5.41, 5.74) is 0.785. The number of rotatable bonds is 9. The highest BCUT2D eigenvalue weighted by Gasteiger charge is 2.35. The van der Waals surface area contributed by atoms with Gasteiger partial charge in [0.05, 0.1) is 7.11 Å². The fraction of sp³-hybridized carbons (Fsp3) is 0.571. The van der Waals surface area contributed by atoms with Gasteiger partial charge in [-0.2, -0.15) is 0 Å². The Hall–Kier alpha value is -2.57. The summed E-state index contributed by atoms with van der Waals surface area (Å²) < 4.78 is 4.83. The molecule has 2 unspecified atom stereocenters. The lowest BCUT2D eigenvalue weighted by Gasteiger charge is -2.26. The van der Waals surface area contributed by atoms with Gasteiger partial charge in [0.2, 0.25) is 11.8 Å². The predicted molar refractivity (Wildman–Crippen MR) is 105 cm³/mol. The molecule has 0 bridgehead atoms. The smallest absolute Gasteiger partial charge is 0.328 e. The molecular formula is C21H30N2O5. The van der Waals surface area contributed by atoms with E-state index >= 15 is 0 Å². The molecule has 2 rings (SSSR count). The Balaban J connectivity index is 2.01. The first-order chi connectivity index (χ1) is 13.5. The predicted octanol–water partition coefficient (Wildman–Crippen LogP) is 2.16. The van der Waals surface area contributed by atoms with E-state index in [0.717, 1.165) is 31.2 Å². The summed E-state index contributed by atoms with van der Waals surface area (Å²) in [4.78, 5) is 39.1. The average Bonchev–Trinajstić information content (AvgIpc) is 3.18. The molecule has 154 valence electrons. The van der Waals surface area contributed by atoms with Crippen LogP contribution in [0.1, 0.15) is 51.0 Å². The highest BCUT2D eigenvalue weighted by atomic mass is 16.5. The summed E-state index contributed by atoms with van der Waals surface area (Å²) in [6.45, 7) is 2.65. The molecule has 7 heteroatoms. The van der Waals surface area contributed by atoms with Crippen molar-refractivity contribution in [1.29, 1.82) is 0 Å². The van der Waals surface area contributed by atoms with E-state index in [1.165, 1.54) is 19.2 Å². The molecule has 0 spiro atoms. The number of phenols is 1. The lowest BCUT2D eigenvalue weighted by Crippen LogP contribution is -2.51. The molecular weight excluding hydrogens is 360 g/mol. The van der Waals surface area contributed by atoms with Crippen LogP contribution in [-0.2, 0) is 25.5 Å². The first-order valence-electron chi connectivity index (χ1n) is 9.91. The molecule has 1 aliphatic heterocycles. The molecule has 1 aliphatic rings. The van der Waals surface area contributed by atoms with Crippen LogP contribution in [0.4, 0.5) is 0 Å². The van der Waals surface area contributed by atoms with Gasteiger partial charge in [-0.3, -0.25) is 9.59 Å². The summed E-state index contributed by atoms with van der Waals surface area (Å²) in [6, 6.07) is 5.05. The van der Waals surface area contributed by atoms with Gasteiger partial charge in [-0.05, 0) is 37.0 Å². The van der Waals surface area contributed by atoms with Crippen molar-refractivity contribution in [1.82, 2.24) is 10.2 Å². The molecule has 0 radical (unpaired) electrons. The lowest BCUT2D eigenvalue weighted by atomic mass is 10.0. The maximum Gasteiger partial charge on any atom is 0.328 e. The molecule has 2 atom stereocenters. The number of hydrogen-bond donors (Lipinski definition) is 2. The monoisotopic (exact) mass is 390 g/mol. The maximum atomic E-state index is 12.8. The zero-order valence-corrected chi connectivity index (χ0v) is 16.6. The van der Waals surface area contributed by atoms with Crippen molar-refractivity contribution in [2.75, 3.05) is 13.7 Å². The largest absolute Gasteiger partial charge is 0.508 e. The van der Waals surface area contributed by atoms with E-state index in [2.05, 4.69) is 12.2 Å². The van der Waals surface area contributed by atoms with E-state index in [1.807, 2.05) is 0 Å². The summed E-state index contributed by atoms with van der Waals surface area (Å²) in [6.07, 6.45) is 4.92. The normalized spacial score (nSPS) is 17.2. The van der Waals surface area contributed by atoms with Crippen molar-refractivity contribution in [2.24, 2.45) is 0 Å². The molecule has 2 N–H and O–H groups in total. The fourth-order valence-electron chi connectivity index (χ4n) is 3.48. The third-order valence-corrected chi connectivity index (χ3v) is 5.05. The zero-order chi connectivity index (χ0) is 20.5. The third-order valence-electron chi connectivity index (χ3n) is 5.05. The van der Waals surface area contributed by atoms with E-state index < -0.39 is 18.1 Å². The molecule has 0 aromatic heterocycles. The van der Waals surface area contributed by atoms with Crippen molar-refractivity contribution in [2.45, 2.75) is 64.0 Å². The Labute approximate surface area is 166 Å². The van der Waals surface area contributed by atoms with Gasteiger partial charge in [-0.15, -0.1) is 0 Å². The van der Waals surface area contributed by atoms with Crippen LogP contribution in [0.15, 0.2) is 24.3 Å². The van der Waals surface area contributed by atoms with Gasteiger partial charge < -0.3 is 20.1 Å². The number of carbonyl (C=O) groups excluding carboxylic acids is 3. The topological polar surface area (TPSA) is 95.9 Å². The SMILES string of the molecule is CCCCCC(=O)N1CCCC1C(=O)NC(Cc1ccc(O)cc1)C(=O)OC. The first-order valence-corrected chi connectivity index (χ1v) is 9.91. The van der Waals surface area contributed by atoms with Crippen molar-refractivity contribution < 1.29 is 24.2 Å². The molecule has 1 aromatic carbocycles. The molecule has 1 heterocycles. The number of likely N-dealkylation sites (tertiary alicyclic amines) is 1. The second-order valence-corrected chi connectivity index (χ2v) is 7.16. The highest BCUT2D eigenvalue weighted by Crippen LogP contribution is 2.20. The molecule has 1 fully saturated rings. The van der Waals surface area contributed by atoms with Crippen molar-refractivity contribution in [3.05, 3.63) is 29.8 Å². The van der Waals surface area contributed by atoms with E-state index in [-0.39, 0.29) is 24.0 Å². The Morgan fingerprint density at radius 3 is 2.61 bits per heavy atom. The molecule has 2 amide bonds. The first kappa shape index (κ1) is 21.7. The van der Waals surface area contributed by atoms with Gasteiger partial charge in [0.15, 0.2) is 0 Å². The van der Waals surface area contributed by atoms with Gasteiger partial charge in [-0.25, -0.2) is 4.79 Å². The van der Waals surface area contributed by atoms with E-state index in [1.54, 1.807) is 17.0 Å². The number of phenolic OH excluding ortho intramolecular Hbond substituents is 1. The summed E-state index contributed by atoms with van der Waals surface area (Å²) in [5.74, 6) is -0.736. The number of nitrogens with one attached hydrogen (secondary N) is 1. The molecule has 0 aliphatic carbocycles. The number of carbonyl (C=O) groups is 3. The van der Waals surface area contributed by atoms with Crippen LogP contribution in [0, 0.1) is 0 Å². The Bertz CT molecular complexity index is 674. The number of benzene rings is 1. The van der Waals surface area contributed by atoms with E-state index in [0.29, 0.717) is 19.4 Å². The molecule has 0 saturated carbocycles. The Morgan fingerprint density at radius 2 is 1.96 bits per heavy atom. The van der Waals surface area contributed by atoms with Gasteiger partial charge >= 0.3 is 5.97 Å². The molecule has 1 saturated heterocycles. The van der Waals surface area contributed by atoms with Crippen molar-refractivity contribution >= 4 is 17.8 Å². The van der Waals surface area contributed by atoms with Gasteiger partial charge in [0.25, 0.3) is 0 Å². The number of hydrogen-bond acceptors (Lipinski definition) is 5. The third kappa shape index (κ3) is 5.97. The summed E-state index contributed by atoms with van der Waals surface area (Å²) in [7, 11) is 1.28. The van der Waals surface area contributed by atoms with Crippen LogP contribution >= 0.6 is 0 Å².